The maximum absolute atomic E-state index is 5.92. The van der Waals surface area contributed by atoms with Crippen molar-refractivity contribution in [3.05, 3.63) is 53.9 Å². The van der Waals surface area contributed by atoms with Gasteiger partial charge in [-0.1, -0.05) is 12.1 Å². The predicted octanol–water partition coefficient (Wildman–Crippen LogP) is 3.17. The molecule has 26 heavy (non-hydrogen) atoms. The second-order valence-electron chi connectivity index (χ2n) is 6.08. The van der Waals surface area contributed by atoms with Crippen LogP contribution < -0.4 is 14.8 Å². The molecule has 2 heterocycles. The molecule has 1 atom stereocenters. The molecule has 1 aromatic carbocycles. The molecule has 0 spiro atoms. The Morgan fingerprint density at radius 1 is 1.08 bits per heavy atom. The van der Waals surface area contributed by atoms with Crippen LogP contribution in [0.25, 0.3) is 5.82 Å². The number of nitrogens with zero attached hydrogens (tertiary/aromatic N) is 4. The molecular weight excluding hydrogens is 330 g/mol. The van der Waals surface area contributed by atoms with Gasteiger partial charge in [0.2, 0.25) is 0 Å². The van der Waals surface area contributed by atoms with E-state index in [-0.39, 0.29) is 6.10 Å². The molecule has 0 amide bonds. The lowest BCUT2D eigenvalue weighted by molar-refractivity contribution is 0.223. The zero-order valence-corrected chi connectivity index (χ0v) is 15.4. The fourth-order valence-corrected chi connectivity index (χ4v) is 2.62. The van der Waals surface area contributed by atoms with Gasteiger partial charge in [0.1, 0.15) is 11.9 Å². The monoisotopic (exact) mass is 353 g/mol. The van der Waals surface area contributed by atoms with Gasteiger partial charge in [-0.25, -0.2) is 4.68 Å². The number of benzene rings is 1. The van der Waals surface area contributed by atoms with E-state index in [0.717, 1.165) is 17.1 Å². The second-order valence-corrected chi connectivity index (χ2v) is 6.08. The zero-order valence-electron chi connectivity index (χ0n) is 15.4. The first-order valence-electron chi connectivity index (χ1n) is 8.47. The summed E-state index contributed by atoms with van der Waals surface area (Å²) in [6.07, 6.45) is -0.0659. The fourth-order valence-electron chi connectivity index (χ4n) is 2.62. The lowest BCUT2D eigenvalue weighted by Gasteiger charge is -2.17. The first kappa shape index (κ1) is 17.7. The average molecular weight is 353 g/mol. The number of hydrogen-bond donors (Lipinski definition) is 1. The van der Waals surface area contributed by atoms with E-state index in [4.69, 9.17) is 9.47 Å². The van der Waals surface area contributed by atoms with E-state index in [9.17, 15) is 0 Å². The van der Waals surface area contributed by atoms with E-state index in [2.05, 4.69) is 20.6 Å². The Labute approximate surface area is 153 Å². The second kappa shape index (κ2) is 7.86. The van der Waals surface area contributed by atoms with E-state index >= 15 is 0 Å². The van der Waals surface area contributed by atoms with Gasteiger partial charge in [0, 0.05) is 5.69 Å². The smallest absolute Gasteiger partial charge is 0.176 e. The van der Waals surface area contributed by atoms with Crippen LogP contribution in [0.15, 0.2) is 42.5 Å². The maximum Gasteiger partial charge on any atom is 0.176 e. The molecular formula is C19H23N5O2. The lowest BCUT2D eigenvalue weighted by Crippen LogP contribution is -2.23. The van der Waals surface area contributed by atoms with E-state index in [1.165, 1.54) is 0 Å². The van der Waals surface area contributed by atoms with Gasteiger partial charge in [0.25, 0.3) is 0 Å². The highest BCUT2D eigenvalue weighted by Crippen LogP contribution is 2.26. The summed E-state index contributed by atoms with van der Waals surface area (Å²) in [5, 5.41) is 16.1. The van der Waals surface area contributed by atoms with Gasteiger partial charge < -0.3 is 14.8 Å². The average Bonchev–Trinajstić information content (AvgIpc) is 2.99. The SMILES string of the molecule is COc1ccccc1OC(C)CNc1ccc(-n2nc(C)cc2C)nn1. The molecule has 1 N–H and O–H groups in total. The molecule has 136 valence electrons. The number of ether oxygens (including phenoxy) is 2. The van der Waals surface area contributed by atoms with Crippen LogP contribution in [0, 0.1) is 13.8 Å². The Morgan fingerprint density at radius 2 is 1.85 bits per heavy atom. The topological polar surface area (TPSA) is 74.1 Å². The molecule has 7 nitrogen and oxygen atoms in total. The molecule has 0 fully saturated rings. The molecule has 0 radical (unpaired) electrons. The van der Waals surface area contributed by atoms with Crippen LogP contribution in [0.5, 0.6) is 11.5 Å². The zero-order chi connectivity index (χ0) is 18.5. The van der Waals surface area contributed by atoms with Gasteiger partial charge in [-0.05, 0) is 51.1 Å². The van der Waals surface area contributed by atoms with Crippen LogP contribution >= 0.6 is 0 Å². The van der Waals surface area contributed by atoms with Crippen molar-refractivity contribution in [1.29, 1.82) is 0 Å². The van der Waals surface area contributed by atoms with Crippen LogP contribution in [0.1, 0.15) is 18.3 Å². The maximum atomic E-state index is 5.92. The Morgan fingerprint density at radius 3 is 2.46 bits per heavy atom. The molecule has 0 aliphatic heterocycles. The third-order valence-electron chi connectivity index (χ3n) is 3.84. The predicted molar refractivity (Wildman–Crippen MR) is 100 cm³/mol. The minimum atomic E-state index is -0.0659. The highest BCUT2D eigenvalue weighted by Gasteiger charge is 2.10. The van der Waals surface area contributed by atoms with E-state index < -0.39 is 0 Å². The van der Waals surface area contributed by atoms with E-state index in [0.29, 0.717) is 23.9 Å². The van der Waals surface area contributed by atoms with Crippen LogP contribution in [0.4, 0.5) is 5.82 Å². The standard InChI is InChI=1S/C19H23N5O2/c1-13-11-14(2)24(23-13)19-10-9-18(21-22-19)20-12-15(3)26-17-8-6-5-7-16(17)25-4/h5-11,15H,12H2,1-4H3,(H,20,21). The van der Waals surface area contributed by atoms with Crippen molar-refractivity contribution < 1.29 is 9.47 Å². The van der Waals surface area contributed by atoms with Crippen LogP contribution in [-0.4, -0.2) is 39.7 Å². The van der Waals surface area contributed by atoms with Gasteiger partial charge >= 0.3 is 0 Å². The first-order chi connectivity index (χ1) is 12.6. The van der Waals surface area contributed by atoms with Crippen LogP contribution in [0.3, 0.4) is 0 Å². The molecule has 0 bridgehead atoms. The number of aryl methyl sites for hydroxylation is 2. The molecule has 0 aliphatic rings. The minimum absolute atomic E-state index is 0.0659. The van der Waals surface area contributed by atoms with Crippen molar-refractivity contribution >= 4 is 5.82 Å². The minimum Gasteiger partial charge on any atom is -0.493 e. The summed E-state index contributed by atoms with van der Waals surface area (Å²) in [6.45, 7) is 6.52. The number of para-hydroxylation sites is 2. The lowest BCUT2D eigenvalue weighted by atomic mass is 10.3. The number of anilines is 1. The van der Waals surface area contributed by atoms with E-state index in [1.54, 1.807) is 11.8 Å². The summed E-state index contributed by atoms with van der Waals surface area (Å²) in [5.41, 5.74) is 1.98. The van der Waals surface area contributed by atoms with Crippen LogP contribution in [0.2, 0.25) is 0 Å². The summed E-state index contributed by atoms with van der Waals surface area (Å²) >= 11 is 0. The number of aromatic nitrogens is 4. The molecule has 0 saturated carbocycles. The largest absolute Gasteiger partial charge is 0.493 e. The summed E-state index contributed by atoms with van der Waals surface area (Å²) in [4.78, 5) is 0. The number of methoxy groups -OCH3 is 1. The molecule has 7 heteroatoms. The van der Waals surface area contributed by atoms with Crippen molar-refractivity contribution in [3.63, 3.8) is 0 Å². The third-order valence-corrected chi connectivity index (χ3v) is 3.84. The Balaban J connectivity index is 1.58. The quantitative estimate of drug-likeness (QED) is 0.703. The third kappa shape index (κ3) is 4.11. The number of hydrogen-bond acceptors (Lipinski definition) is 6. The first-order valence-corrected chi connectivity index (χ1v) is 8.47. The Hall–Kier alpha value is -3.09. The Bertz CT molecular complexity index is 861. The van der Waals surface area contributed by atoms with Crippen LogP contribution in [-0.2, 0) is 0 Å². The highest BCUT2D eigenvalue weighted by molar-refractivity contribution is 5.40. The Kier molecular flexibility index (Phi) is 5.36. The van der Waals surface area contributed by atoms with Crippen molar-refractivity contribution in [2.24, 2.45) is 0 Å². The number of rotatable bonds is 7. The summed E-state index contributed by atoms with van der Waals surface area (Å²) in [6, 6.07) is 13.4. The van der Waals surface area contributed by atoms with Gasteiger partial charge in [-0.3, -0.25) is 0 Å². The van der Waals surface area contributed by atoms with Gasteiger partial charge in [-0.15, -0.1) is 10.2 Å². The highest BCUT2D eigenvalue weighted by atomic mass is 16.5. The summed E-state index contributed by atoms with van der Waals surface area (Å²) in [7, 11) is 1.63. The van der Waals surface area contributed by atoms with Crippen molar-refractivity contribution in [3.8, 4) is 17.3 Å². The van der Waals surface area contributed by atoms with Crippen molar-refractivity contribution in [2.75, 3.05) is 19.0 Å². The molecule has 3 rings (SSSR count). The number of nitrogens with one attached hydrogen (secondary N) is 1. The van der Waals surface area contributed by atoms with E-state index in [1.807, 2.05) is 63.2 Å². The van der Waals surface area contributed by atoms with Crippen molar-refractivity contribution in [2.45, 2.75) is 26.9 Å². The van der Waals surface area contributed by atoms with Gasteiger partial charge in [0.15, 0.2) is 17.3 Å². The van der Waals surface area contributed by atoms with Crippen molar-refractivity contribution in [1.82, 2.24) is 20.0 Å². The molecule has 0 aliphatic carbocycles. The summed E-state index contributed by atoms with van der Waals surface area (Å²) in [5.74, 6) is 2.81. The normalized spacial score (nSPS) is 11.8. The fraction of sp³-hybridized carbons (Fsp3) is 0.316. The molecule has 0 saturated heterocycles. The molecule has 2 aromatic heterocycles. The summed E-state index contributed by atoms with van der Waals surface area (Å²) < 4.78 is 13.0. The molecule has 1 unspecified atom stereocenters. The van der Waals surface area contributed by atoms with Gasteiger partial charge in [0.05, 0.1) is 19.3 Å². The van der Waals surface area contributed by atoms with Gasteiger partial charge in [-0.2, -0.15) is 5.10 Å². The molecule has 3 aromatic rings.